The molecule has 0 radical (unpaired) electrons. The van der Waals surface area contributed by atoms with Gasteiger partial charge in [0, 0.05) is 21.9 Å². The summed E-state index contributed by atoms with van der Waals surface area (Å²) in [6.45, 7) is 0. The van der Waals surface area contributed by atoms with Crippen molar-refractivity contribution >= 4 is 49.8 Å². The summed E-state index contributed by atoms with van der Waals surface area (Å²) in [5, 5.41) is 9.09. The van der Waals surface area contributed by atoms with Gasteiger partial charge in [0.05, 0.1) is 35.8 Å². The van der Waals surface area contributed by atoms with E-state index in [0.717, 1.165) is 33.1 Å². The van der Waals surface area contributed by atoms with Crippen molar-refractivity contribution in [1.82, 2.24) is 9.97 Å². The van der Waals surface area contributed by atoms with Crippen LogP contribution in [0.15, 0.2) is 89.6 Å². The Labute approximate surface area is 239 Å². The van der Waals surface area contributed by atoms with Gasteiger partial charge in [0.1, 0.15) is 5.01 Å². The van der Waals surface area contributed by atoms with Crippen LogP contribution in [-0.2, 0) is 21.5 Å². The molecule has 0 saturated heterocycles. The van der Waals surface area contributed by atoms with Crippen LogP contribution in [0, 0.1) is 0 Å². The summed E-state index contributed by atoms with van der Waals surface area (Å²) in [7, 11) is -3.00. The number of thiazole rings is 2. The second kappa shape index (κ2) is 12.0. The van der Waals surface area contributed by atoms with Crippen LogP contribution < -0.4 is 10.0 Å². The predicted octanol–water partition coefficient (Wildman–Crippen LogP) is 6.33. The number of ether oxygens (including phenoxy) is 1. The number of aromatic nitrogens is 2. The number of esters is 1. The maximum absolute atomic E-state index is 11.8. The van der Waals surface area contributed by atoms with Crippen molar-refractivity contribution in [2.75, 3.05) is 17.1 Å². The van der Waals surface area contributed by atoms with E-state index in [-0.39, 0.29) is 11.7 Å². The molecule has 40 heavy (non-hydrogen) atoms. The van der Waals surface area contributed by atoms with Crippen LogP contribution in [0.2, 0.25) is 0 Å². The average molecular weight is 593 g/mol. The molecule has 3 N–H and O–H groups in total. The van der Waals surface area contributed by atoms with Crippen LogP contribution in [0.4, 0.5) is 10.8 Å². The minimum Gasteiger partial charge on any atom is -0.465 e. The highest BCUT2D eigenvalue weighted by atomic mass is 32.2. The first-order valence-electron chi connectivity index (χ1n) is 12.0. The molecule has 0 aliphatic carbocycles. The summed E-state index contributed by atoms with van der Waals surface area (Å²) in [5.74, 6) is -0.394. The van der Waals surface area contributed by atoms with Crippen LogP contribution in [0.5, 0.6) is 0 Å². The van der Waals surface area contributed by atoms with E-state index in [2.05, 4.69) is 10.0 Å². The van der Waals surface area contributed by atoms with E-state index in [1.165, 1.54) is 18.4 Å². The topological polar surface area (TPSA) is 131 Å². The molecule has 0 aliphatic rings. The van der Waals surface area contributed by atoms with Gasteiger partial charge in [-0.1, -0.05) is 54.6 Å². The van der Waals surface area contributed by atoms with E-state index in [1.807, 2.05) is 53.2 Å². The minimum absolute atomic E-state index is 0.227. The highest BCUT2D eigenvalue weighted by Gasteiger charge is 2.19. The molecule has 12 heteroatoms. The Hall–Kier alpha value is -4.10. The second-order valence-corrected chi connectivity index (χ2v) is 11.6. The maximum atomic E-state index is 11.8. The number of anilines is 2. The number of hydrogen-bond donors (Lipinski definition) is 3. The number of methoxy groups -OCH3 is 1. The van der Waals surface area contributed by atoms with Gasteiger partial charge in [-0.25, -0.2) is 14.8 Å². The molecule has 2 heterocycles. The molecule has 0 spiro atoms. The first-order chi connectivity index (χ1) is 19.3. The average Bonchev–Trinajstić information content (AvgIpc) is 3.64. The third kappa shape index (κ3) is 6.90. The fourth-order valence-corrected chi connectivity index (χ4v) is 6.09. The number of nitrogens with zero attached hydrogens (tertiary/aromatic N) is 2. The fourth-order valence-electron chi connectivity index (χ4n) is 4.00. The molecule has 0 unspecified atom stereocenters. The van der Waals surface area contributed by atoms with Gasteiger partial charge in [-0.2, -0.15) is 8.42 Å². The molecule has 0 bridgehead atoms. The monoisotopic (exact) mass is 592 g/mol. The first kappa shape index (κ1) is 27.5. The van der Waals surface area contributed by atoms with E-state index >= 15 is 0 Å². The molecule has 0 saturated carbocycles. The second-order valence-electron chi connectivity index (χ2n) is 8.73. The van der Waals surface area contributed by atoms with Gasteiger partial charge in [0.15, 0.2) is 5.13 Å². The van der Waals surface area contributed by atoms with Gasteiger partial charge < -0.3 is 10.1 Å². The third-order valence-corrected chi connectivity index (χ3v) is 8.12. The Balaban J connectivity index is 1.39. The van der Waals surface area contributed by atoms with E-state index < -0.39 is 16.3 Å². The molecule has 2 aromatic heterocycles. The minimum atomic E-state index is -4.35. The van der Waals surface area contributed by atoms with Crippen molar-refractivity contribution in [1.29, 1.82) is 0 Å². The molecule has 3 aromatic carbocycles. The van der Waals surface area contributed by atoms with E-state index in [1.54, 1.807) is 47.7 Å². The molecule has 5 aromatic rings. The summed E-state index contributed by atoms with van der Waals surface area (Å²) >= 11 is 3.02. The molecule has 5 rings (SSSR count). The number of hydrogen-bond acceptors (Lipinski definition) is 9. The Morgan fingerprint density at radius 3 is 2.33 bits per heavy atom. The highest BCUT2D eigenvalue weighted by molar-refractivity contribution is 7.87. The van der Waals surface area contributed by atoms with Crippen molar-refractivity contribution in [2.45, 2.75) is 12.5 Å². The highest BCUT2D eigenvalue weighted by Crippen LogP contribution is 2.32. The third-order valence-electron chi connectivity index (χ3n) is 5.94. The lowest BCUT2D eigenvalue weighted by molar-refractivity contribution is 0.0600. The maximum Gasteiger partial charge on any atom is 0.357 e. The van der Waals surface area contributed by atoms with E-state index in [9.17, 15) is 13.2 Å². The summed E-state index contributed by atoms with van der Waals surface area (Å²) in [6, 6.07) is 23.6. The van der Waals surface area contributed by atoms with Crippen LogP contribution in [0.25, 0.3) is 21.8 Å². The lowest BCUT2D eigenvalue weighted by Gasteiger charge is -2.17. The lowest BCUT2D eigenvalue weighted by atomic mass is 10.0. The van der Waals surface area contributed by atoms with Crippen molar-refractivity contribution in [3.63, 3.8) is 0 Å². The van der Waals surface area contributed by atoms with Gasteiger partial charge >= 0.3 is 16.3 Å². The van der Waals surface area contributed by atoms with Gasteiger partial charge in [0.25, 0.3) is 0 Å². The summed E-state index contributed by atoms with van der Waals surface area (Å²) in [6.07, 6.45) is 0.548. The van der Waals surface area contributed by atoms with Crippen molar-refractivity contribution in [2.24, 2.45) is 0 Å². The Bertz CT molecular complexity index is 1700. The zero-order valence-electron chi connectivity index (χ0n) is 21.1. The molecule has 204 valence electrons. The first-order valence-corrected chi connectivity index (χ1v) is 15.2. The number of carbonyl (C=O) groups is 1. The standard InChI is InChI=1S/C28H24N4O5S3/c1-37-27(33)21-11-9-19(10-12-21)24-16-39-28(31-24)30-23(15-18-7-13-22(14-8-18)32-40(34,35)36)25-17-38-26(29-25)20-5-3-2-4-6-20/h2-14,16-17,23,32H,15H2,1H3,(H,30,31)(H,34,35,36)/t23-/m0/s1. The Morgan fingerprint density at radius 2 is 1.65 bits per heavy atom. The quantitative estimate of drug-likeness (QED) is 0.127. The van der Waals surface area contributed by atoms with Crippen LogP contribution >= 0.6 is 22.7 Å². The van der Waals surface area contributed by atoms with Crippen molar-refractivity contribution < 1.29 is 22.5 Å². The Morgan fingerprint density at radius 1 is 0.925 bits per heavy atom. The number of rotatable bonds is 10. The van der Waals surface area contributed by atoms with Gasteiger partial charge in [-0.3, -0.25) is 9.27 Å². The summed E-state index contributed by atoms with van der Waals surface area (Å²) in [4.78, 5) is 21.4. The van der Waals surface area contributed by atoms with Gasteiger partial charge in [-0.05, 0) is 36.2 Å². The van der Waals surface area contributed by atoms with Crippen LogP contribution in [0.1, 0.15) is 27.7 Å². The van der Waals surface area contributed by atoms with Crippen LogP contribution in [0.3, 0.4) is 0 Å². The molecule has 0 amide bonds. The van der Waals surface area contributed by atoms with Gasteiger partial charge in [-0.15, -0.1) is 22.7 Å². The number of nitrogens with one attached hydrogen (secondary N) is 2. The summed E-state index contributed by atoms with van der Waals surface area (Å²) in [5.41, 5.74) is 5.19. The zero-order chi connectivity index (χ0) is 28.1. The predicted molar refractivity (Wildman–Crippen MR) is 158 cm³/mol. The van der Waals surface area contributed by atoms with Gasteiger partial charge in [0.2, 0.25) is 0 Å². The molecular weight excluding hydrogens is 569 g/mol. The molecule has 0 aliphatic heterocycles. The van der Waals surface area contributed by atoms with Crippen molar-refractivity contribution in [3.8, 4) is 21.8 Å². The van der Waals surface area contributed by atoms with E-state index in [0.29, 0.717) is 17.1 Å². The van der Waals surface area contributed by atoms with Crippen molar-refractivity contribution in [3.05, 3.63) is 106 Å². The number of benzene rings is 3. The molecule has 0 fully saturated rings. The molecule has 1 atom stereocenters. The van der Waals surface area contributed by atoms with Crippen LogP contribution in [-0.4, -0.2) is 36.0 Å². The molecule has 9 nitrogen and oxygen atoms in total. The SMILES string of the molecule is COC(=O)c1ccc(-c2csc(N[C@@H](Cc3ccc(NS(=O)(=O)O)cc3)c3csc(-c4ccccc4)n3)n2)cc1. The summed E-state index contributed by atoms with van der Waals surface area (Å²) < 4.78 is 38.1. The normalized spacial score (nSPS) is 12.1. The van der Waals surface area contributed by atoms with E-state index in [4.69, 9.17) is 19.3 Å². The largest absolute Gasteiger partial charge is 0.465 e. The Kier molecular flexibility index (Phi) is 8.21. The fraction of sp³-hybridized carbons (Fsp3) is 0.107. The smallest absolute Gasteiger partial charge is 0.357 e. The zero-order valence-corrected chi connectivity index (χ0v) is 23.6. The lowest BCUT2D eigenvalue weighted by Crippen LogP contribution is -2.14. The number of carbonyl (C=O) groups excluding carboxylic acids is 1. The molecular formula is C28H24N4O5S3.